The number of benzene rings is 3. The second-order valence-electron chi connectivity index (χ2n) is 9.50. The highest BCUT2D eigenvalue weighted by Crippen LogP contribution is 2.31. The molecule has 3 aromatic rings. The van der Waals surface area contributed by atoms with Crippen LogP contribution in [0.4, 0.5) is 5.69 Å². The molecule has 3 rings (SSSR count). The highest BCUT2D eigenvalue weighted by Gasteiger charge is 2.33. The fourth-order valence-corrected chi connectivity index (χ4v) is 5.79. The Balaban J connectivity index is 2.09. The molecule has 214 valence electrons. The molecule has 12 heteroatoms. The lowest BCUT2D eigenvalue weighted by Gasteiger charge is -2.34. The minimum atomic E-state index is -3.97. The Kier molecular flexibility index (Phi) is 11.1. The van der Waals surface area contributed by atoms with E-state index in [9.17, 15) is 18.0 Å². The molecule has 0 saturated carbocycles. The van der Waals surface area contributed by atoms with Gasteiger partial charge in [-0.3, -0.25) is 13.9 Å². The minimum Gasteiger partial charge on any atom is -0.352 e. The van der Waals surface area contributed by atoms with Gasteiger partial charge < -0.3 is 10.2 Å². The molecule has 0 aromatic heterocycles. The molecule has 3 aromatic carbocycles. The third kappa shape index (κ3) is 8.75. The highest BCUT2D eigenvalue weighted by atomic mass is 35.5. The standard InChI is InChI=1S/C28H29Cl4N3O4S/c1-18(2)33-28(37)26(14-19-7-5-4-6-8-19)34(16-20-9-11-22(30)23(31)13-20)27(36)17-35(40(3,38)39)25-12-10-21(29)15-24(25)32/h4-13,15,18,26H,14,16-17H2,1-3H3,(H,33,37)/t26-/m1/s1. The molecule has 0 bridgehead atoms. The van der Waals surface area contributed by atoms with Gasteiger partial charge in [0.1, 0.15) is 12.6 Å². The van der Waals surface area contributed by atoms with Crippen LogP contribution in [0.15, 0.2) is 66.7 Å². The van der Waals surface area contributed by atoms with Gasteiger partial charge in [-0.05, 0) is 55.3 Å². The van der Waals surface area contributed by atoms with Crippen molar-refractivity contribution in [3.63, 3.8) is 0 Å². The SMILES string of the molecule is CC(C)NC(=O)[C@@H](Cc1ccccc1)N(Cc1ccc(Cl)c(Cl)c1)C(=O)CN(c1ccc(Cl)cc1Cl)S(C)(=O)=O. The van der Waals surface area contributed by atoms with Crippen LogP contribution in [-0.2, 0) is 32.6 Å². The minimum absolute atomic E-state index is 0.0370. The molecule has 0 saturated heterocycles. The maximum atomic E-state index is 14.0. The van der Waals surface area contributed by atoms with E-state index in [2.05, 4.69) is 5.32 Å². The third-order valence-electron chi connectivity index (χ3n) is 5.90. The van der Waals surface area contributed by atoms with Gasteiger partial charge >= 0.3 is 0 Å². The lowest BCUT2D eigenvalue weighted by atomic mass is 10.0. The van der Waals surface area contributed by atoms with Crippen molar-refractivity contribution in [3.8, 4) is 0 Å². The number of nitrogens with one attached hydrogen (secondary N) is 1. The molecule has 7 nitrogen and oxygen atoms in total. The number of carbonyl (C=O) groups excluding carboxylic acids is 2. The molecule has 0 aliphatic heterocycles. The van der Waals surface area contributed by atoms with Gasteiger partial charge in [0.2, 0.25) is 21.8 Å². The van der Waals surface area contributed by atoms with Crippen LogP contribution in [-0.4, -0.2) is 50.0 Å². The lowest BCUT2D eigenvalue weighted by molar-refractivity contribution is -0.140. The summed E-state index contributed by atoms with van der Waals surface area (Å²) in [5.41, 5.74) is 1.51. The summed E-state index contributed by atoms with van der Waals surface area (Å²) in [6.07, 6.45) is 1.16. The van der Waals surface area contributed by atoms with Gasteiger partial charge in [-0.15, -0.1) is 0 Å². The first kappa shape index (κ1) is 32.0. The normalized spacial score (nSPS) is 12.2. The number of halogens is 4. The molecule has 0 spiro atoms. The Morgan fingerprint density at radius 2 is 1.52 bits per heavy atom. The van der Waals surface area contributed by atoms with Crippen molar-refractivity contribution in [2.75, 3.05) is 17.1 Å². The van der Waals surface area contributed by atoms with Crippen LogP contribution in [0.1, 0.15) is 25.0 Å². The summed E-state index contributed by atoms with van der Waals surface area (Å²) >= 11 is 24.7. The average molecular weight is 645 g/mol. The van der Waals surface area contributed by atoms with Gasteiger partial charge in [0, 0.05) is 24.0 Å². The van der Waals surface area contributed by atoms with Crippen molar-refractivity contribution in [2.45, 2.75) is 38.9 Å². The molecular weight excluding hydrogens is 616 g/mol. The van der Waals surface area contributed by atoms with Gasteiger partial charge in [0.05, 0.1) is 27.0 Å². The number of anilines is 1. The summed E-state index contributed by atoms with van der Waals surface area (Å²) in [5, 5.41) is 3.87. The van der Waals surface area contributed by atoms with E-state index in [0.717, 1.165) is 16.1 Å². The molecule has 0 heterocycles. The number of hydrogen-bond acceptors (Lipinski definition) is 4. The van der Waals surface area contributed by atoms with Crippen LogP contribution in [0, 0.1) is 0 Å². The Morgan fingerprint density at radius 3 is 2.10 bits per heavy atom. The zero-order valence-corrected chi connectivity index (χ0v) is 25.9. The molecule has 1 atom stereocenters. The zero-order chi connectivity index (χ0) is 29.6. The number of rotatable bonds is 11. The van der Waals surface area contributed by atoms with E-state index in [0.29, 0.717) is 15.6 Å². The number of carbonyl (C=O) groups is 2. The molecule has 0 aliphatic carbocycles. The van der Waals surface area contributed by atoms with E-state index < -0.39 is 28.5 Å². The number of nitrogens with zero attached hydrogens (tertiary/aromatic N) is 2. The van der Waals surface area contributed by atoms with Crippen molar-refractivity contribution >= 4 is 73.9 Å². The Hall–Kier alpha value is -2.49. The van der Waals surface area contributed by atoms with Crippen molar-refractivity contribution in [3.05, 3.63) is 97.9 Å². The maximum absolute atomic E-state index is 14.0. The van der Waals surface area contributed by atoms with Gasteiger partial charge in [0.25, 0.3) is 0 Å². The first-order valence-electron chi connectivity index (χ1n) is 12.3. The van der Waals surface area contributed by atoms with Crippen LogP contribution < -0.4 is 9.62 Å². The van der Waals surface area contributed by atoms with E-state index in [4.69, 9.17) is 46.4 Å². The van der Waals surface area contributed by atoms with Gasteiger partial charge in [-0.25, -0.2) is 8.42 Å². The Labute approximate surface area is 255 Å². The molecule has 40 heavy (non-hydrogen) atoms. The van der Waals surface area contributed by atoms with Crippen LogP contribution in [0.25, 0.3) is 0 Å². The Morgan fingerprint density at radius 1 is 0.850 bits per heavy atom. The van der Waals surface area contributed by atoms with Crippen molar-refractivity contribution in [1.29, 1.82) is 0 Å². The molecule has 0 fully saturated rings. The van der Waals surface area contributed by atoms with Crippen LogP contribution in [0.3, 0.4) is 0 Å². The van der Waals surface area contributed by atoms with Crippen LogP contribution in [0.2, 0.25) is 20.1 Å². The molecular formula is C28H29Cl4N3O4S. The van der Waals surface area contributed by atoms with E-state index in [1.165, 1.54) is 23.1 Å². The maximum Gasteiger partial charge on any atom is 0.244 e. The predicted molar refractivity (Wildman–Crippen MR) is 163 cm³/mol. The van der Waals surface area contributed by atoms with Gasteiger partial charge in [-0.2, -0.15) is 0 Å². The van der Waals surface area contributed by atoms with Crippen LogP contribution in [0.5, 0.6) is 0 Å². The van der Waals surface area contributed by atoms with Crippen molar-refractivity contribution in [1.82, 2.24) is 10.2 Å². The fourth-order valence-electron chi connectivity index (χ4n) is 4.05. The predicted octanol–water partition coefficient (Wildman–Crippen LogP) is 6.23. The van der Waals surface area contributed by atoms with Crippen molar-refractivity contribution in [2.24, 2.45) is 0 Å². The quantitative estimate of drug-likeness (QED) is 0.268. The summed E-state index contributed by atoms with van der Waals surface area (Å²) in [7, 11) is -3.97. The monoisotopic (exact) mass is 643 g/mol. The second kappa shape index (κ2) is 13.9. The first-order valence-corrected chi connectivity index (χ1v) is 15.6. The topological polar surface area (TPSA) is 86.8 Å². The smallest absolute Gasteiger partial charge is 0.244 e. The zero-order valence-electron chi connectivity index (χ0n) is 22.1. The van der Waals surface area contributed by atoms with E-state index in [-0.39, 0.29) is 40.6 Å². The van der Waals surface area contributed by atoms with E-state index >= 15 is 0 Å². The molecule has 2 amide bonds. The first-order chi connectivity index (χ1) is 18.8. The summed E-state index contributed by atoms with van der Waals surface area (Å²) in [6.45, 7) is 2.99. The summed E-state index contributed by atoms with van der Waals surface area (Å²) in [6, 6.07) is 17.3. The number of sulfonamides is 1. The molecule has 1 N–H and O–H groups in total. The molecule has 0 unspecified atom stereocenters. The van der Waals surface area contributed by atoms with Gasteiger partial charge in [0.15, 0.2) is 0 Å². The summed E-state index contributed by atoms with van der Waals surface area (Å²) in [5.74, 6) is -1.01. The summed E-state index contributed by atoms with van der Waals surface area (Å²) in [4.78, 5) is 28.9. The second-order valence-corrected chi connectivity index (χ2v) is 13.1. The fraction of sp³-hybridized carbons (Fsp3) is 0.286. The summed E-state index contributed by atoms with van der Waals surface area (Å²) < 4.78 is 26.6. The van der Waals surface area contributed by atoms with E-state index in [1.54, 1.807) is 18.2 Å². The Bertz CT molecular complexity index is 1470. The molecule has 0 radical (unpaired) electrons. The highest BCUT2D eigenvalue weighted by molar-refractivity contribution is 7.92. The van der Waals surface area contributed by atoms with Crippen LogP contribution >= 0.6 is 46.4 Å². The van der Waals surface area contributed by atoms with E-state index in [1.807, 2.05) is 44.2 Å². The van der Waals surface area contributed by atoms with Crippen molar-refractivity contribution < 1.29 is 18.0 Å². The average Bonchev–Trinajstić information content (AvgIpc) is 2.86. The molecule has 0 aliphatic rings. The number of hydrogen-bond donors (Lipinski definition) is 1. The largest absolute Gasteiger partial charge is 0.352 e. The third-order valence-corrected chi connectivity index (χ3v) is 8.30. The van der Waals surface area contributed by atoms with Gasteiger partial charge in [-0.1, -0.05) is 82.8 Å². The lowest BCUT2D eigenvalue weighted by Crippen LogP contribution is -2.54. The number of amides is 2.